The standard InChI is InChI=1S/C11H16N4/c1-3-6-12-10-5-7-13-11-9(10)8-14-15(11)4-2/h5,7-8H,3-4,6H2,1-2H3,(H,12,13). The van der Waals surface area contributed by atoms with E-state index < -0.39 is 0 Å². The quantitative estimate of drug-likeness (QED) is 0.830. The van der Waals surface area contributed by atoms with E-state index in [2.05, 4.69) is 29.2 Å². The molecule has 4 heteroatoms. The minimum Gasteiger partial charge on any atom is -0.384 e. The van der Waals surface area contributed by atoms with Crippen molar-refractivity contribution in [3.05, 3.63) is 18.5 Å². The third-order valence-electron chi connectivity index (χ3n) is 2.40. The summed E-state index contributed by atoms with van der Waals surface area (Å²) >= 11 is 0. The van der Waals surface area contributed by atoms with Crippen molar-refractivity contribution < 1.29 is 0 Å². The van der Waals surface area contributed by atoms with Crippen LogP contribution in [-0.2, 0) is 6.54 Å². The topological polar surface area (TPSA) is 42.7 Å². The molecule has 2 aromatic heterocycles. The summed E-state index contributed by atoms with van der Waals surface area (Å²) in [5.41, 5.74) is 2.08. The summed E-state index contributed by atoms with van der Waals surface area (Å²) in [6.07, 6.45) is 4.82. The third-order valence-corrected chi connectivity index (χ3v) is 2.40. The van der Waals surface area contributed by atoms with Crippen molar-refractivity contribution in [2.24, 2.45) is 0 Å². The maximum absolute atomic E-state index is 4.34. The lowest BCUT2D eigenvalue weighted by Gasteiger charge is -2.05. The van der Waals surface area contributed by atoms with E-state index in [9.17, 15) is 0 Å². The van der Waals surface area contributed by atoms with Crippen LogP contribution in [0.3, 0.4) is 0 Å². The van der Waals surface area contributed by atoms with Crippen LogP contribution in [0.2, 0.25) is 0 Å². The SMILES string of the molecule is CCCNc1ccnc2c1cnn2CC. The van der Waals surface area contributed by atoms with E-state index >= 15 is 0 Å². The molecule has 2 heterocycles. The Labute approximate surface area is 89.3 Å². The number of hydrogen-bond acceptors (Lipinski definition) is 3. The fourth-order valence-electron chi connectivity index (χ4n) is 1.62. The van der Waals surface area contributed by atoms with Crippen LogP contribution in [-0.4, -0.2) is 21.3 Å². The van der Waals surface area contributed by atoms with Gasteiger partial charge in [-0.05, 0) is 19.4 Å². The molecule has 0 aliphatic carbocycles. The van der Waals surface area contributed by atoms with Gasteiger partial charge in [-0.2, -0.15) is 5.10 Å². The van der Waals surface area contributed by atoms with E-state index in [1.165, 1.54) is 0 Å². The highest BCUT2D eigenvalue weighted by Gasteiger charge is 2.05. The maximum atomic E-state index is 4.34. The molecular weight excluding hydrogens is 188 g/mol. The van der Waals surface area contributed by atoms with Gasteiger partial charge in [-0.1, -0.05) is 6.92 Å². The molecule has 0 amide bonds. The second-order valence-corrected chi connectivity index (χ2v) is 3.48. The van der Waals surface area contributed by atoms with Crippen LogP contribution in [0.4, 0.5) is 5.69 Å². The summed E-state index contributed by atoms with van der Waals surface area (Å²) in [6, 6.07) is 2.00. The minimum absolute atomic E-state index is 0.855. The number of aryl methyl sites for hydroxylation is 1. The highest BCUT2D eigenvalue weighted by atomic mass is 15.3. The predicted octanol–water partition coefficient (Wildman–Crippen LogP) is 2.27. The number of nitrogens with one attached hydrogen (secondary N) is 1. The average molecular weight is 204 g/mol. The molecular formula is C11H16N4. The first kappa shape index (κ1) is 9.96. The van der Waals surface area contributed by atoms with E-state index in [1.807, 2.05) is 23.1 Å². The van der Waals surface area contributed by atoms with Crippen LogP contribution in [0, 0.1) is 0 Å². The van der Waals surface area contributed by atoms with E-state index in [0.717, 1.165) is 36.2 Å². The van der Waals surface area contributed by atoms with Gasteiger partial charge in [-0.15, -0.1) is 0 Å². The largest absolute Gasteiger partial charge is 0.384 e. The normalized spacial score (nSPS) is 10.8. The number of fused-ring (bicyclic) bond motifs is 1. The zero-order chi connectivity index (χ0) is 10.7. The van der Waals surface area contributed by atoms with Gasteiger partial charge in [0.15, 0.2) is 5.65 Å². The summed E-state index contributed by atoms with van der Waals surface area (Å²) in [7, 11) is 0. The Kier molecular flexibility index (Phi) is 2.85. The molecule has 0 saturated carbocycles. The Morgan fingerprint density at radius 2 is 2.27 bits per heavy atom. The first-order valence-electron chi connectivity index (χ1n) is 5.41. The fourth-order valence-corrected chi connectivity index (χ4v) is 1.62. The van der Waals surface area contributed by atoms with Gasteiger partial charge in [0.25, 0.3) is 0 Å². The molecule has 80 valence electrons. The summed E-state index contributed by atoms with van der Waals surface area (Å²) in [5.74, 6) is 0. The zero-order valence-electron chi connectivity index (χ0n) is 9.20. The van der Waals surface area contributed by atoms with Crippen LogP contribution in [0.25, 0.3) is 11.0 Å². The number of anilines is 1. The molecule has 4 nitrogen and oxygen atoms in total. The molecule has 15 heavy (non-hydrogen) atoms. The lowest BCUT2D eigenvalue weighted by molar-refractivity contribution is 0.677. The van der Waals surface area contributed by atoms with Crippen molar-refractivity contribution in [1.29, 1.82) is 0 Å². The summed E-state index contributed by atoms with van der Waals surface area (Å²) < 4.78 is 1.91. The molecule has 0 aliphatic heterocycles. The van der Waals surface area contributed by atoms with Gasteiger partial charge in [0.1, 0.15) is 0 Å². The smallest absolute Gasteiger partial charge is 0.159 e. The van der Waals surface area contributed by atoms with Gasteiger partial charge in [-0.25, -0.2) is 9.67 Å². The Hall–Kier alpha value is -1.58. The van der Waals surface area contributed by atoms with E-state index in [0.29, 0.717) is 0 Å². The molecule has 0 radical (unpaired) electrons. The third kappa shape index (κ3) is 1.79. The van der Waals surface area contributed by atoms with Gasteiger partial charge < -0.3 is 5.32 Å². The molecule has 2 aromatic rings. The highest BCUT2D eigenvalue weighted by Crippen LogP contribution is 2.20. The number of rotatable bonds is 4. The Morgan fingerprint density at radius 1 is 1.40 bits per heavy atom. The lowest BCUT2D eigenvalue weighted by Crippen LogP contribution is -2.01. The Bertz CT molecular complexity index is 447. The first-order chi connectivity index (χ1) is 7.36. The van der Waals surface area contributed by atoms with Gasteiger partial charge in [0.05, 0.1) is 11.6 Å². The van der Waals surface area contributed by atoms with Crippen molar-refractivity contribution >= 4 is 16.7 Å². The monoisotopic (exact) mass is 204 g/mol. The average Bonchev–Trinajstić information content (AvgIpc) is 2.69. The second-order valence-electron chi connectivity index (χ2n) is 3.48. The summed E-state index contributed by atoms with van der Waals surface area (Å²) in [5, 5.41) is 8.78. The summed E-state index contributed by atoms with van der Waals surface area (Å²) in [4.78, 5) is 4.34. The molecule has 1 N–H and O–H groups in total. The minimum atomic E-state index is 0.855. The van der Waals surface area contributed by atoms with Crippen molar-refractivity contribution in [3.8, 4) is 0 Å². The van der Waals surface area contributed by atoms with Crippen molar-refractivity contribution in [2.45, 2.75) is 26.8 Å². The van der Waals surface area contributed by atoms with Crippen molar-refractivity contribution in [3.63, 3.8) is 0 Å². The molecule has 0 fully saturated rings. The molecule has 0 atom stereocenters. The van der Waals surface area contributed by atoms with Gasteiger partial charge >= 0.3 is 0 Å². The van der Waals surface area contributed by atoms with Gasteiger partial charge in [0, 0.05) is 25.0 Å². The fraction of sp³-hybridized carbons (Fsp3) is 0.455. The van der Waals surface area contributed by atoms with E-state index in [1.54, 1.807) is 0 Å². The van der Waals surface area contributed by atoms with Crippen LogP contribution in [0.5, 0.6) is 0 Å². The molecule has 0 bridgehead atoms. The zero-order valence-corrected chi connectivity index (χ0v) is 9.20. The Morgan fingerprint density at radius 3 is 3.00 bits per heavy atom. The first-order valence-corrected chi connectivity index (χ1v) is 5.41. The number of aromatic nitrogens is 3. The van der Waals surface area contributed by atoms with Gasteiger partial charge in [0.2, 0.25) is 0 Å². The van der Waals surface area contributed by atoms with E-state index in [-0.39, 0.29) is 0 Å². The van der Waals surface area contributed by atoms with Crippen LogP contribution >= 0.6 is 0 Å². The predicted molar refractivity (Wildman–Crippen MR) is 62.0 cm³/mol. The number of pyridine rings is 1. The molecule has 0 aliphatic rings. The maximum Gasteiger partial charge on any atom is 0.159 e. The summed E-state index contributed by atoms with van der Waals surface area (Å²) in [6.45, 7) is 6.06. The van der Waals surface area contributed by atoms with Crippen LogP contribution in [0.1, 0.15) is 20.3 Å². The van der Waals surface area contributed by atoms with Crippen LogP contribution in [0.15, 0.2) is 18.5 Å². The number of nitrogens with zero attached hydrogens (tertiary/aromatic N) is 3. The molecule has 0 unspecified atom stereocenters. The van der Waals surface area contributed by atoms with Crippen molar-refractivity contribution in [2.75, 3.05) is 11.9 Å². The van der Waals surface area contributed by atoms with E-state index in [4.69, 9.17) is 0 Å². The highest BCUT2D eigenvalue weighted by molar-refractivity contribution is 5.88. The number of hydrogen-bond donors (Lipinski definition) is 1. The van der Waals surface area contributed by atoms with Gasteiger partial charge in [-0.3, -0.25) is 0 Å². The molecule has 0 spiro atoms. The Balaban J connectivity index is 2.42. The molecule has 0 saturated heterocycles. The lowest BCUT2D eigenvalue weighted by atomic mass is 10.3. The second kappa shape index (κ2) is 4.29. The van der Waals surface area contributed by atoms with Crippen LogP contribution < -0.4 is 5.32 Å². The van der Waals surface area contributed by atoms with Crippen molar-refractivity contribution in [1.82, 2.24) is 14.8 Å². The molecule has 0 aromatic carbocycles. The molecule has 2 rings (SSSR count).